The molecule has 0 radical (unpaired) electrons. The van der Waals surface area contributed by atoms with Gasteiger partial charge in [0.2, 0.25) is 0 Å². The predicted molar refractivity (Wildman–Crippen MR) is 88.0 cm³/mol. The van der Waals surface area contributed by atoms with Gasteiger partial charge < -0.3 is 19.7 Å². The van der Waals surface area contributed by atoms with Gasteiger partial charge in [-0.25, -0.2) is 4.98 Å². The second-order valence-electron chi connectivity index (χ2n) is 7.75. The molecule has 5 nitrogen and oxygen atoms in total. The number of likely N-dealkylation sites (tertiary alicyclic amines) is 1. The van der Waals surface area contributed by atoms with Gasteiger partial charge in [-0.15, -0.1) is 0 Å². The maximum absolute atomic E-state index is 10.4. The third-order valence-electron chi connectivity index (χ3n) is 6.17. The van der Waals surface area contributed by atoms with Crippen LogP contribution in [-0.2, 0) is 4.74 Å². The highest BCUT2D eigenvalue weighted by atomic mass is 16.5. The Kier molecular flexibility index (Phi) is 4.43. The Morgan fingerprint density at radius 3 is 2.74 bits per heavy atom. The maximum atomic E-state index is 10.4. The van der Waals surface area contributed by atoms with E-state index in [1.807, 2.05) is 0 Å². The number of hydrogen-bond donors (Lipinski definition) is 2. The summed E-state index contributed by atoms with van der Waals surface area (Å²) in [6.07, 6.45) is 12.2. The number of aliphatic hydroxyl groups excluding tert-OH is 1. The van der Waals surface area contributed by atoms with Crippen molar-refractivity contribution in [1.82, 2.24) is 14.9 Å². The lowest BCUT2D eigenvalue weighted by Gasteiger charge is -2.38. The molecule has 2 aliphatic heterocycles. The summed E-state index contributed by atoms with van der Waals surface area (Å²) in [5.74, 6) is 1.05. The molecule has 23 heavy (non-hydrogen) atoms. The van der Waals surface area contributed by atoms with Crippen LogP contribution in [0.25, 0.3) is 0 Å². The highest BCUT2D eigenvalue weighted by Crippen LogP contribution is 2.53. The van der Waals surface area contributed by atoms with Crippen molar-refractivity contribution >= 4 is 0 Å². The van der Waals surface area contributed by atoms with Gasteiger partial charge >= 0.3 is 0 Å². The van der Waals surface area contributed by atoms with Gasteiger partial charge in [-0.2, -0.15) is 0 Å². The van der Waals surface area contributed by atoms with E-state index in [-0.39, 0.29) is 0 Å². The molecule has 1 aliphatic carbocycles. The lowest BCUT2D eigenvalue weighted by Crippen LogP contribution is -2.43. The molecular weight excluding hydrogens is 290 g/mol. The fourth-order valence-electron chi connectivity index (χ4n) is 4.50. The van der Waals surface area contributed by atoms with E-state index in [4.69, 9.17) is 4.74 Å². The lowest BCUT2D eigenvalue weighted by atomic mass is 9.88. The van der Waals surface area contributed by atoms with Gasteiger partial charge in [0.1, 0.15) is 11.9 Å². The summed E-state index contributed by atoms with van der Waals surface area (Å²) in [6.45, 7) is 4.35. The molecule has 0 spiro atoms. The third kappa shape index (κ3) is 3.32. The van der Waals surface area contributed by atoms with Gasteiger partial charge in [0, 0.05) is 31.0 Å². The molecule has 1 aromatic rings. The molecule has 3 heterocycles. The van der Waals surface area contributed by atoms with Crippen molar-refractivity contribution in [3.63, 3.8) is 0 Å². The monoisotopic (exact) mass is 319 g/mol. The molecule has 5 heteroatoms. The molecule has 0 aromatic carbocycles. The first kappa shape index (κ1) is 15.6. The number of aromatic amines is 1. The van der Waals surface area contributed by atoms with Crippen molar-refractivity contribution in [1.29, 1.82) is 0 Å². The van der Waals surface area contributed by atoms with Gasteiger partial charge in [-0.3, -0.25) is 0 Å². The number of hydrogen-bond acceptors (Lipinski definition) is 4. The molecule has 3 fully saturated rings. The number of nitrogens with zero attached hydrogens (tertiary/aromatic N) is 2. The van der Waals surface area contributed by atoms with Crippen LogP contribution >= 0.6 is 0 Å². The minimum atomic E-state index is -0.441. The quantitative estimate of drug-likeness (QED) is 0.875. The average molecular weight is 319 g/mol. The zero-order chi connectivity index (χ0) is 15.7. The van der Waals surface area contributed by atoms with E-state index in [0.717, 1.165) is 38.4 Å². The standard InChI is InChI=1S/C18H29N3O2/c22-16(17-19-8-9-20-17)14-4-10-21(11-5-14)13-18(6-7-18)15-3-1-2-12-23-15/h8-9,14-16,22H,1-7,10-13H2,(H,19,20). The van der Waals surface area contributed by atoms with Gasteiger partial charge in [-0.1, -0.05) is 0 Å². The Hall–Kier alpha value is -0.910. The number of rotatable bonds is 5. The van der Waals surface area contributed by atoms with Crippen molar-refractivity contribution in [2.45, 2.75) is 57.2 Å². The first-order valence-electron chi connectivity index (χ1n) is 9.28. The van der Waals surface area contributed by atoms with Crippen LogP contribution in [0, 0.1) is 11.3 Å². The van der Waals surface area contributed by atoms with Crippen LogP contribution in [-0.4, -0.2) is 52.3 Å². The summed E-state index contributed by atoms with van der Waals surface area (Å²) >= 11 is 0. The minimum absolute atomic E-state index is 0.332. The van der Waals surface area contributed by atoms with Crippen LogP contribution in [0.4, 0.5) is 0 Å². The van der Waals surface area contributed by atoms with Gasteiger partial charge in [-0.05, 0) is 64.0 Å². The molecule has 4 rings (SSSR count). The SMILES string of the molecule is OC(c1ncc[nH]1)C1CCN(CC2(C3CCCCO3)CC2)CC1. The van der Waals surface area contributed by atoms with Crippen LogP contribution in [0.3, 0.4) is 0 Å². The van der Waals surface area contributed by atoms with Crippen LogP contribution < -0.4 is 0 Å². The second-order valence-corrected chi connectivity index (χ2v) is 7.75. The Bertz CT molecular complexity index is 486. The van der Waals surface area contributed by atoms with Gasteiger partial charge in [0.25, 0.3) is 0 Å². The number of nitrogens with one attached hydrogen (secondary N) is 1. The molecule has 128 valence electrons. The number of aromatic nitrogens is 2. The van der Waals surface area contributed by atoms with Gasteiger partial charge in [0.15, 0.2) is 0 Å². The zero-order valence-corrected chi connectivity index (χ0v) is 13.9. The van der Waals surface area contributed by atoms with E-state index in [1.54, 1.807) is 12.4 Å². The summed E-state index contributed by atoms with van der Waals surface area (Å²) in [6, 6.07) is 0. The van der Waals surface area contributed by atoms with Crippen molar-refractivity contribution in [3.05, 3.63) is 18.2 Å². The highest BCUT2D eigenvalue weighted by molar-refractivity contribution is 5.03. The highest BCUT2D eigenvalue weighted by Gasteiger charge is 2.51. The number of aliphatic hydroxyl groups is 1. The van der Waals surface area contributed by atoms with E-state index in [2.05, 4.69) is 14.9 Å². The average Bonchev–Trinajstić information content (AvgIpc) is 3.18. The largest absolute Gasteiger partial charge is 0.385 e. The van der Waals surface area contributed by atoms with E-state index < -0.39 is 6.10 Å². The van der Waals surface area contributed by atoms with Crippen LogP contribution in [0.15, 0.2) is 12.4 Å². The molecule has 1 aromatic heterocycles. The second kappa shape index (κ2) is 6.54. The van der Waals surface area contributed by atoms with Crippen molar-refractivity contribution in [2.75, 3.05) is 26.2 Å². The molecule has 1 saturated carbocycles. The van der Waals surface area contributed by atoms with E-state index in [0.29, 0.717) is 17.4 Å². The molecule has 2 atom stereocenters. The van der Waals surface area contributed by atoms with E-state index in [9.17, 15) is 5.11 Å². The zero-order valence-electron chi connectivity index (χ0n) is 13.9. The fraction of sp³-hybridized carbons (Fsp3) is 0.833. The Morgan fingerprint density at radius 2 is 2.13 bits per heavy atom. The molecule has 0 amide bonds. The Labute approximate surface area is 138 Å². The number of ether oxygens (including phenoxy) is 1. The Balaban J connectivity index is 1.28. The van der Waals surface area contributed by atoms with Gasteiger partial charge in [0.05, 0.1) is 6.10 Å². The molecule has 2 N–H and O–H groups in total. The maximum Gasteiger partial charge on any atom is 0.135 e. The summed E-state index contributed by atoms with van der Waals surface area (Å²) < 4.78 is 6.08. The van der Waals surface area contributed by atoms with Crippen LogP contribution in [0.2, 0.25) is 0 Å². The number of imidazole rings is 1. The normalized spacial score (nSPS) is 30.2. The minimum Gasteiger partial charge on any atom is -0.385 e. The topological polar surface area (TPSA) is 61.4 Å². The van der Waals surface area contributed by atoms with Crippen molar-refractivity contribution in [3.8, 4) is 0 Å². The predicted octanol–water partition coefficient (Wildman–Crippen LogP) is 2.50. The van der Waals surface area contributed by atoms with Crippen molar-refractivity contribution < 1.29 is 9.84 Å². The Morgan fingerprint density at radius 1 is 1.30 bits per heavy atom. The van der Waals surface area contributed by atoms with E-state index >= 15 is 0 Å². The summed E-state index contributed by atoms with van der Waals surface area (Å²) in [5, 5.41) is 10.4. The molecule has 2 saturated heterocycles. The van der Waals surface area contributed by atoms with E-state index in [1.165, 1.54) is 38.6 Å². The summed E-state index contributed by atoms with van der Waals surface area (Å²) in [5.41, 5.74) is 0.451. The number of piperidine rings is 1. The molecular formula is C18H29N3O2. The molecule has 2 unspecified atom stereocenters. The van der Waals surface area contributed by atoms with Crippen LogP contribution in [0.5, 0.6) is 0 Å². The third-order valence-corrected chi connectivity index (χ3v) is 6.17. The van der Waals surface area contributed by atoms with Crippen LogP contribution in [0.1, 0.15) is 56.9 Å². The first-order valence-corrected chi connectivity index (χ1v) is 9.28. The van der Waals surface area contributed by atoms with Crippen molar-refractivity contribution in [2.24, 2.45) is 11.3 Å². The lowest BCUT2D eigenvalue weighted by molar-refractivity contribution is -0.0450. The summed E-state index contributed by atoms with van der Waals surface area (Å²) in [7, 11) is 0. The summed E-state index contributed by atoms with van der Waals surface area (Å²) in [4.78, 5) is 9.86. The molecule has 0 bridgehead atoms. The molecule has 3 aliphatic rings. The smallest absolute Gasteiger partial charge is 0.135 e. The number of H-pyrrole nitrogens is 1. The first-order chi connectivity index (χ1) is 11.3. The fourth-order valence-corrected chi connectivity index (χ4v) is 4.50.